The summed E-state index contributed by atoms with van der Waals surface area (Å²) >= 11 is 0. The van der Waals surface area contributed by atoms with Crippen LogP contribution in [0.3, 0.4) is 0 Å². The van der Waals surface area contributed by atoms with E-state index in [0.29, 0.717) is 5.06 Å². The number of ether oxygens (including phenoxy) is 1. The number of amides is 4. The molecule has 1 atom stereocenters. The fourth-order valence-electron chi connectivity index (χ4n) is 2.35. The minimum absolute atomic E-state index is 0.00425. The number of nitrogens with zero attached hydrogens (tertiary/aromatic N) is 1. The summed E-state index contributed by atoms with van der Waals surface area (Å²) in [5.41, 5.74) is 0.128. The number of nitrogens with one attached hydrogen (secondary N) is 2. The van der Waals surface area contributed by atoms with Gasteiger partial charge in [-0.05, 0) is 26.3 Å². The van der Waals surface area contributed by atoms with Gasteiger partial charge < -0.3 is 14.9 Å². The van der Waals surface area contributed by atoms with E-state index in [1.165, 1.54) is 0 Å². The highest BCUT2D eigenvalue weighted by Gasteiger charge is 2.33. The van der Waals surface area contributed by atoms with Gasteiger partial charge in [0.15, 0.2) is 0 Å². The zero-order valence-corrected chi connectivity index (χ0v) is 15.5. The van der Waals surface area contributed by atoms with Gasteiger partial charge in [-0.2, -0.15) is 0 Å². The SMILES string of the molecule is CC(C)(C)OC(=O)N[C@@H](Cc1ccccc1)NC(=O)ON1C(=O)CCC1=O. The maximum absolute atomic E-state index is 12.1. The second kappa shape index (κ2) is 8.52. The van der Waals surface area contributed by atoms with Crippen molar-refractivity contribution in [2.24, 2.45) is 0 Å². The monoisotopic (exact) mass is 377 g/mol. The Kier molecular flexibility index (Phi) is 6.38. The van der Waals surface area contributed by atoms with Gasteiger partial charge in [-0.25, -0.2) is 9.59 Å². The third kappa shape index (κ3) is 6.61. The maximum atomic E-state index is 12.1. The molecule has 9 nitrogen and oxygen atoms in total. The highest BCUT2D eigenvalue weighted by molar-refractivity contribution is 6.01. The highest BCUT2D eigenvalue weighted by Crippen LogP contribution is 2.12. The Morgan fingerprint density at radius 2 is 1.59 bits per heavy atom. The first-order valence-electron chi connectivity index (χ1n) is 8.52. The first-order valence-corrected chi connectivity index (χ1v) is 8.52. The summed E-state index contributed by atoms with van der Waals surface area (Å²) in [6.45, 7) is 5.14. The normalized spacial score (nSPS) is 15.3. The van der Waals surface area contributed by atoms with Gasteiger partial charge >= 0.3 is 12.2 Å². The summed E-state index contributed by atoms with van der Waals surface area (Å²) < 4.78 is 5.19. The van der Waals surface area contributed by atoms with Gasteiger partial charge in [-0.1, -0.05) is 30.3 Å². The summed E-state index contributed by atoms with van der Waals surface area (Å²) in [5, 5.41) is 5.40. The first kappa shape index (κ1) is 20.2. The average molecular weight is 377 g/mol. The van der Waals surface area contributed by atoms with E-state index in [0.717, 1.165) is 5.56 Å². The molecule has 2 rings (SSSR count). The molecule has 0 saturated carbocycles. The van der Waals surface area contributed by atoms with Crippen molar-refractivity contribution in [1.82, 2.24) is 15.7 Å². The van der Waals surface area contributed by atoms with Crippen molar-refractivity contribution >= 4 is 24.0 Å². The standard InChI is InChI=1S/C18H23N3O6/c1-18(2,3)26-16(24)19-13(11-12-7-5-4-6-8-12)20-17(25)27-21-14(22)9-10-15(21)23/h4-8,13H,9-11H2,1-3H3,(H,19,24)(H,20,25)/t13-/m1/s1. The Hall–Kier alpha value is -3.10. The number of hydroxylamine groups is 2. The topological polar surface area (TPSA) is 114 Å². The number of carbonyl (C=O) groups excluding carboxylic acids is 4. The van der Waals surface area contributed by atoms with Crippen LogP contribution in [0.1, 0.15) is 39.2 Å². The van der Waals surface area contributed by atoms with Gasteiger partial charge in [0.05, 0.1) is 0 Å². The molecule has 1 fully saturated rings. The number of benzene rings is 1. The summed E-state index contributed by atoms with van der Waals surface area (Å²) in [6, 6.07) is 9.13. The molecule has 0 radical (unpaired) electrons. The van der Waals surface area contributed by atoms with E-state index < -0.39 is 35.8 Å². The summed E-state index contributed by atoms with van der Waals surface area (Å²) in [4.78, 5) is 52.0. The van der Waals surface area contributed by atoms with Crippen LogP contribution >= 0.6 is 0 Å². The van der Waals surface area contributed by atoms with E-state index >= 15 is 0 Å². The molecule has 0 aromatic heterocycles. The predicted molar refractivity (Wildman–Crippen MR) is 94.0 cm³/mol. The van der Waals surface area contributed by atoms with E-state index in [-0.39, 0.29) is 19.3 Å². The van der Waals surface area contributed by atoms with Crippen LogP contribution in [-0.2, 0) is 25.6 Å². The molecular weight excluding hydrogens is 354 g/mol. The van der Waals surface area contributed by atoms with Crippen molar-refractivity contribution in [1.29, 1.82) is 0 Å². The lowest BCUT2D eigenvalue weighted by molar-refractivity contribution is -0.171. The van der Waals surface area contributed by atoms with Crippen LogP contribution in [0, 0.1) is 0 Å². The molecule has 1 aliphatic rings. The van der Waals surface area contributed by atoms with Crippen molar-refractivity contribution in [2.75, 3.05) is 0 Å². The summed E-state index contributed by atoms with van der Waals surface area (Å²) in [7, 11) is 0. The lowest BCUT2D eigenvalue weighted by Crippen LogP contribution is -2.52. The summed E-state index contributed by atoms with van der Waals surface area (Å²) in [5.74, 6) is -1.18. The minimum atomic E-state index is -1.03. The van der Waals surface area contributed by atoms with Gasteiger partial charge in [-0.3, -0.25) is 14.9 Å². The van der Waals surface area contributed by atoms with Gasteiger partial charge in [0.25, 0.3) is 11.8 Å². The maximum Gasteiger partial charge on any atom is 0.433 e. The fourth-order valence-corrected chi connectivity index (χ4v) is 2.35. The predicted octanol–water partition coefficient (Wildman–Crippen LogP) is 1.87. The van der Waals surface area contributed by atoms with Crippen molar-refractivity contribution in [2.45, 2.75) is 51.8 Å². The van der Waals surface area contributed by atoms with Gasteiger partial charge in [-0.15, -0.1) is 5.06 Å². The molecule has 4 amide bonds. The number of carbonyl (C=O) groups is 4. The zero-order valence-electron chi connectivity index (χ0n) is 15.5. The van der Waals surface area contributed by atoms with Crippen molar-refractivity contribution in [3.05, 3.63) is 35.9 Å². The zero-order chi connectivity index (χ0) is 20.0. The Balaban J connectivity index is 2.02. The minimum Gasteiger partial charge on any atom is -0.444 e. The smallest absolute Gasteiger partial charge is 0.433 e. The Labute approximate surface area is 156 Å². The van der Waals surface area contributed by atoms with Crippen LogP contribution in [0.4, 0.5) is 9.59 Å². The van der Waals surface area contributed by atoms with Crippen molar-refractivity contribution in [3.8, 4) is 0 Å². The molecule has 0 spiro atoms. The van der Waals surface area contributed by atoms with Crippen LogP contribution in [0.25, 0.3) is 0 Å². The second-order valence-corrected chi connectivity index (χ2v) is 6.99. The number of imide groups is 1. The Bertz CT molecular complexity index is 698. The largest absolute Gasteiger partial charge is 0.444 e. The number of hydrogen-bond acceptors (Lipinski definition) is 6. The highest BCUT2D eigenvalue weighted by atomic mass is 16.7. The molecule has 1 aromatic rings. The first-order chi connectivity index (χ1) is 12.6. The Morgan fingerprint density at radius 3 is 2.15 bits per heavy atom. The average Bonchev–Trinajstić information content (AvgIpc) is 2.85. The molecule has 1 aromatic carbocycles. The molecule has 1 aliphatic heterocycles. The third-order valence-corrected chi connectivity index (χ3v) is 3.45. The van der Waals surface area contributed by atoms with E-state index in [2.05, 4.69) is 10.6 Å². The Morgan fingerprint density at radius 1 is 1.04 bits per heavy atom. The van der Waals surface area contributed by atoms with Gasteiger partial charge in [0, 0.05) is 19.3 Å². The van der Waals surface area contributed by atoms with Crippen LogP contribution in [0.5, 0.6) is 0 Å². The van der Waals surface area contributed by atoms with E-state index in [1.807, 2.05) is 30.3 Å². The van der Waals surface area contributed by atoms with Gasteiger partial charge in [0.1, 0.15) is 11.8 Å². The molecule has 27 heavy (non-hydrogen) atoms. The molecule has 146 valence electrons. The van der Waals surface area contributed by atoms with Crippen LogP contribution in [-0.4, -0.2) is 40.8 Å². The van der Waals surface area contributed by atoms with E-state index in [1.54, 1.807) is 20.8 Å². The molecule has 2 N–H and O–H groups in total. The van der Waals surface area contributed by atoms with Crippen molar-refractivity contribution in [3.63, 3.8) is 0 Å². The summed E-state index contributed by atoms with van der Waals surface area (Å²) in [6.07, 6.45) is -2.39. The molecule has 0 unspecified atom stereocenters. The molecular formula is C18H23N3O6. The van der Waals surface area contributed by atoms with Gasteiger partial charge in [0.2, 0.25) is 0 Å². The lowest BCUT2D eigenvalue weighted by atomic mass is 10.1. The number of alkyl carbamates (subject to hydrolysis) is 1. The molecule has 9 heteroatoms. The van der Waals surface area contributed by atoms with Crippen LogP contribution in [0.15, 0.2) is 30.3 Å². The molecule has 0 aliphatic carbocycles. The quantitative estimate of drug-likeness (QED) is 0.598. The third-order valence-electron chi connectivity index (χ3n) is 3.45. The molecule has 1 heterocycles. The second-order valence-electron chi connectivity index (χ2n) is 6.99. The van der Waals surface area contributed by atoms with Crippen molar-refractivity contribution < 1.29 is 28.8 Å². The van der Waals surface area contributed by atoms with Crippen LogP contribution in [0.2, 0.25) is 0 Å². The fraction of sp³-hybridized carbons (Fsp3) is 0.444. The van der Waals surface area contributed by atoms with E-state index in [9.17, 15) is 19.2 Å². The van der Waals surface area contributed by atoms with Crippen LogP contribution < -0.4 is 10.6 Å². The molecule has 0 bridgehead atoms. The number of hydrogen-bond donors (Lipinski definition) is 2. The molecule has 1 saturated heterocycles. The van der Waals surface area contributed by atoms with E-state index in [4.69, 9.17) is 9.57 Å². The number of rotatable bonds is 5. The lowest BCUT2D eigenvalue weighted by Gasteiger charge is -2.24.